The number of para-hydroxylation sites is 1. The van der Waals surface area contributed by atoms with Crippen molar-refractivity contribution in [1.82, 2.24) is 4.90 Å². The molecule has 0 saturated heterocycles. The van der Waals surface area contributed by atoms with Gasteiger partial charge in [0.1, 0.15) is 0 Å². The number of likely N-dealkylation sites (N-methyl/N-ethyl adjacent to an activating group) is 1. The molecule has 0 bridgehead atoms. The van der Waals surface area contributed by atoms with Crippen molar-refractivity contribution in [3.63, 3.8) is 0 Å². The molecule has 1 N–H and O–H groups in total. The molecule has 5 heteroatoms. The van der Waals surface area contributed by atoms with Crippen molar-refractivity contribution in [2.45, 2.75) is 12.6 Å². The minimum atomic E-state index is -1.28. The number of benzene rings is 1. The van der Waals surface area contributed by atoms with Gasteiger partial charge in [-0.1, -0.05) is 24.8 Å². The second-order valence-corrected chi connectivity index (χ2v) is 4.70. The van der Waals surface area contributed by atoms with Gasteiger partial charge in [0.15, 0.2) is 6.23 Å². The zero-order valence-corrected chi connectivity index (χ0v) is 11.0. The average Bonchev–Trinajstić information content (AvgIpc) is 2.77. The Morgan fingerprint density at radius 3 is 3.00 bits per heavy atom. The zero-order chi connectivity index (χ0) is 14.3. The average molecular weight is 270 g/mol. The fourth-order valence-corrected chi connectivity index (χ4v) is 2.67. The molecule has 1 unspecified atom stereocenters. The maximum Gasteiger partial charge on any atom is 0.507 e. The molecule has 5 nitrogen and oxygen atoms in total. The van der Waals surface area contributed by atoms with E-state index in [1.54, 1.807) is 18.0 Å². The number of ether oxygens (including phenoxy) is 1. The molecule has 1 aromatic carbocycles. The van der Waals surface area contributed by atoms with Crippen LogP contribution in [0, 0.1) is 0 Å². The van der Waals surface area contributed by atoms with Gasteiger partial charge in [-0.15, -0.1) is 0 Å². The Hall–Kier alpha value is -2.56. The Balaban J connectivity index is 2.20. The van der Waals surface area contributed by atoms with Crippen LogP contribution in [0.2, 0.25) is 0 Å². The highest BCUT2D eigenvalue weighted by Gasteiger charge is 2.32. The van der Waals surface area contributed by atoms with E-state index in [0.717, 1.165) is 27.5 Å². The lowest BCUT2D eigenvalue weighted by molar-refractivity contribution is -0.00829. The molecule has 1 atom stereocenters. The van der Waals surface area contributed by atoms with Gasteiger partial charge in [-0.3, -0.25) is 0 Å². The van der Waals surface area contributed by atoms with Gasteiger partial charge in [0.2, 0.25) is 0 Å². The van der Waals surface area contributed by atoms with E-state index < -0.39 is 12.4 Å². The number of fused-ring (bicyclic) bond motifs is 2. The Bertz CT molecular complexity index is 749. The normalized spacial score (nSPS) is 20.1. The summed E-state index contributed by atoms with van der Waals surface area (Å²) in [7, 11) is 1.78. The van der Waals surface area contributed by atoms with Crippen molar-refractivity contribution in [2.24, 2.45) is 4.99 Å². The van der Waals surface area contributed by atoms with Crippen molar-refractivity contribution in [2.75, 3.05) is 7.05 Å². The summed E-state index contributed by atoms with van der Waals surface area (Å²) in [6.07, 6.45) is 0.330. The summed E-state index contributed by atoms with van der Waals surface area (Å²) in [5, 5.41) is 10.8. The predicted octanol–water partition coefficient (Wildman–Crippen LogP) is 1.22. The standard InChI is InChI=1S/C15H14N2O3/c1-3-12-14-10(8-13(17(12)2)20-15(18)19)9-6-4-5-7-11(9)16-14/h3-7,13H,1,8H2,2H3,(H,18,19). The summed E-state index contributed by atoms with van der Waals surface area (Å²) in [6, 6.07) is 7.82. The summed E-state index contributed by atoms with van der Waals surface area (Å²) >= 11 is 0. The molecular formula is C15H14N2O3. The Morgan fingerprint density at radius 2 is 2.30 bits per heavy atom. The molecule has 102 valence electrons. The van der Waals surface area contributed by atoms with Gasteiger partial charge in [-0.25, -0.2) is 9.79 Å². The summed E-state index contributed by atoms with van der Waals surface area (Å²) in [5.41, 5.74) is 2.66. The van der Waals surface area contributed by atoms with Gasteiger partial charge in [0.05, 0.1) is 16.8 Å². The second-order valence-electron chi connectivity index (χ2n) is 4.70. The van der Waals surface area contributed by atoms with Crippen molar-refractivity contribution < 1.29 is 14.6 Å². The van der Waals surface area contributed by atoms with E-state index in [2.05, 4.69) is 11.6 Å². The highest BCUT2D eigenvalue weighted by molar-refractivity contribution is 5.70. The van der Waals surface area contributed by atoms with Crippen LogP contribution in [0.25, 0.3) is 5.57 Å². The number of hydrogen-bond acceptors (Lipinski definition) is 4. The maximum absolute atomic E-state index is 10.8. The molecule has 0 amide bonds. The molecule has 0 spiro atoms. The largest absolute Gasteiger partial charge is 0.507 e. The van der Waals surface area contributed by atoms with Crippen molar-refractivity contribution in [3.8, 4) is 0 Å². The first-order chi connectivity index (χ1) is 9.61. The molecule has 2 aliphatic heterocycles. The van der Waals surface area contributed by atoms with Crippen LogP contribution in [-0.4, -0.2) is 29.4 Å². The van der Waals surface area contributed by atoms with Crippen LogP contribution in [-0.2, 0) is 4.74 Å². The number of carbonyl (C=O) groups is 1. The molecular weight excluding hydrogens is 256 g/mol. The van der Waals surface area contributed by atoms with Gasteiger partial charge in [-0.05, 0) is 17.7 Å². The summed E-state index contributed by atoms with van der Waals surface area (Å²) < 4.78 is 4.96. The van der Waals surface area contributed by atoms with Crippen LogP contribution in [0.1, 0.15) is 6.42 Å². The molecule has 0 fully saturated rings. The smallest absolute Gasteiger partial charge is 0.450 e. The molecule has 0 radical (unpaired) electrons. The van der Waals surface area contributed by atoms with Gasteiger partial charge in [0, 0.05) is 18.7 Å². The molecule has 2 aliphatic rings. The third-order valence-electron chi connectivity index (χ3n) is 3.61. The fraction of sp³-hybridized carbons (Fsp3) is 0.200. The lowest BCUT2D eigenvalue weighted by Crippen LogP contribution is -2.39. The van der Waals surface area contributed by atoms with E-state index >= 15 is 0 Å². The van der Waals surface area contributed by atoms with Crippen LogP contribution >= 0.6 is 0 Å². The van der Waals surface area contributed by atoms with E-state index in [1.807, 2.05) is 24.3 Å². The van der Waals surface area contributed by atoms with Crippen molar-refractivity contribution in [1.29, 1.82) is 0 Å². The van der Waals surface area contributed by atoms with Crippen LogP contribution in [0.15, 0.2) is 53.3 Å². The minimum absolute atomic E-state index is 0.482. The Morgan fingerprint density at radius 1 is 1.55 bits per heavy atom. The molecule has 2 heterocycles. The zero-order valence-electron chi connectivity index (χ0n) is 11.0. The van der Waals surface area contributed by atoms with Gasteiger partial charge in [0.25, 0.3) is 0 Å². The quantitative estimate of drug-likeness (QED) is 0.821. The van der Waals surface area contributed by atoms with Gasteiger partial charge < -0.3 is 14.7 Å². The Kier molecular flexibility index (Phi) is 2.82. The number of carboxylic acid groups (broad SMARTS) is 1. The first-order valence-corrected chi connectivity index (χ1v) is 6.28. The van der Waals surface area contributed by atoms with Crippen LogP contribution in [0.4, 0.5) is 4.79 Å². The maximum atomic E-state index is 10.8. The van der Waals surface area contributed by atoms with Crippen LogP contribution in [0.3, 0.4) is 0 Å². The first kappa shape index (κ1) is 12.5. The third-order valence-corrected chi connectivity index (χ3v) is 3.61. The highest BCUT2D eigenvalue weighted by Crippen LogP contribution is 2.33. The SMILES string of the molecule is C=CC1=C2N=c3ccccc3=C2CC(OC(=O)O)N1C. The highest BCUT2D eigenvalue weighted by atomic mass is 16.7. The van der Waals surface area contributed by atoms with Crippen molar-refractivity contribution >= 4 is 11.7 Å². The fourth-order valence-electron chi connectivity index (χ4n) is 2.67. The van der Waals surface area contributed by atoms with Crippen LogP contribution < -0.4 is 10.6 Å². The summed E-state index contributed by atoms with van der Waals surface area (Å²) in [6.45, 7) is 3.80. The topological polar surface area (TPSA) is 62.1 Å². The molecule has 3 rings (SSSR count). The third kappa shape index (κ3) is 1.79. The lowest BCUT2D eigenvalue weighted by Gasteiger charge is -2.34. The number of allylic oxidation sites excluding steroid dienone is 2. The van der Waals surface area contributed by atoms with E-state index in [1.165, 1.54) is 0 Å². The molecule has 0 aromatic heterocycles. The molecule has 20 heavy (non-hydrogen) atoms. The van der Waals surface area contributed by atoms with E-state index in [0.29, 0.717) is 6.42 Å². The first-order valence-electron chi connectivity index (χ1n) is 6.28. The minimum Gasteiger partial charge on any atom is -0.450 e. The summed E-state index contributed by atoms with van der Waals surface area (Å²) in [4.78, 5) is 17.2. The van der Waals surface area contributed by atoms with E-state index in [9.17, 15) is 4.79 Å². The van der Waals surface area contributed by atoms with E-state index in [-0.39, 0.29) is 0 Å². The van der Waals surface area contributed by atoms with Gasteiger partial charge in [-0.2, -0.15) is 0 Å². The number of rotatable bonds is 2. The van der Waals surface area contributed by atoms with Gasteiger partial charge >= 0.3 is 6.16 Å². The second kappa shape index (κ2) is 4.52. The molecule has 1 aromatic rings. The monoisotopic (exact) mass is 270 g/mol. The Labute approximate surface area is 115 Å². The molecule has 0 aliphatic carbocycles. The number of hydrogen-bond donors (Lipinski definition) is 1. The van der Waals surface area contributed by atoms with Crippen molar-refractivity contribution in [3.05, 3.63) is 58.9 Å². The predicted molar refractivity (Wildman–Crippen MR) is 73.1 cm³/mol. The van der Waals surface area contributed by atoms with Crippen LogP contribution in [0.5, 0.6) is 0 Å². The lowest BCUT2D eigenvalue weighted by atomic mass is 10.00. The summed E-state index contributed by atoms with van der Waals surface area (Å²) in [5.74, 6) is 0. The van der Waals surface area contributed by atoms with E-state index in [4.69, 9.17) is 9.84 Å². The number of nitrogens with zero attached hydrogens (tertiary/aromatic N) is 2. The molecule has 0 saturated carbocycles.